The SMILES string of the molecule is O=C1OC(c2ccccc2)=NC1c1ccc(-c2ccc([N+](=O)[O-])cc2)o1. The molecule has 0 spiro atoms. The number of esters is 1. The molecular formula is C19H12N2O5. The molecule has 128 valence electrons. The predicted molar refractivity (Wildman–Crippen MR) is 92.6 cm³/mol. The number of hydrogen-bond acceptors (Lipinski definition) is 6. The Morgan fingerprint density at radius 1 is 0.923 bits per heavy atom. The van der Waals surface area contributed by atoms with Crippen LogP contribution >= 0.6 is 0 Å². The lowest BCUT2D eigenvalue weighted by atomic mass is 10.1. The van der Waals surface area contributed by atoms with Crippen LogP contribution in [0.15, 0.2) is 76.1 Å². The van der Waals surface area contributed by atoms with Crippen molar-refractivity contribution in [1.82, 2.24) is 0 Å². The van der Waals surface area contributed by atoms with Crippen LogP contribution < -0.4 is 0 Å². The van der Waals surface area contributed by atoms with E-state index in [0.717, 1.165) is 0 Å². The van der Waals surface area contributed by atoms with Gasteiger partial charge in [0.1, 0.15) is 11.5 Å². The lowest BCUT2D eigenvalue weighted by Crippen LogP contribution is -2.08. The number of furan rings is 1. The van der Waals surface area contributed by atoms with Gasteiger partial charge in [0.25, 0.3) is 5.69 Å². The average molecular weight is 348 g/mol. The highest BCUT2D eigenvalue weighted by Crippen LogP contribution is 2.31. The first-order chi connectivity index (χ1) is 12.6. The minimum absolute atomic E-state index is 0.00277. The molecule has 2 heterocycles. The highest BCUT2D eigenvalue weighted by molar-refractivity contribution is 6.06. The van der Waals surface area contributed by atoms with Gasteiger partial charge in [-0.05, 0) is 36.4 Å². The molecule has 7 heteroatoms. The Bertz CT molecular complexity index is 1010. The molecule has 4 rings (SSSR count). The van der Waals surface area contributed by atoms with Crippen LogP contribution in [-0.2, 0) is 9.53 Å². The maximum absolute atomic E-state index is 12.2. The first-order valence-electron chi connectivity index (χ1n) is 7.81. The fraction of sp³-hybridized carbons (Fsp3) is 0.0526. The number of carbonyl (C=O) groups is 1. The molecule has 0 amide bonds. The summed E-state index contributed by atoms with van der Waals surface area (Å²) in [6.07, 6.45) is 0. The van der Waals surface area contributed by atoms with E-state index in [-0.39, 0.29) is 11.6 Å². The highest BCUT2D eigenvalue weighted by Gasteiger charge is 2.33. The summed E-state index contributed by atoms with van der Waals surface area (Å²) < 4.78 is 11.0. The van der Waals surface area contributed by atoms with Gasteiger partial charge in [-0.3, -0.25) is 10.1 Å². The first kappa shape index (κ1) is 15.8. The zero-order valence-electron chi connectivity index (χ0n) is 13.4. The van der Waals surface area contributed by atoms with Gasteiger partial charge >= 0.3 is 5.97 Å². The molecular weight excluding hydrogens is 336 g/mol. The molecule has 1 atom stereocenters. The number of nitrogens with zero attached hydrogens (tertiary/aromatic N) is 2. The van der Waals surface area contributed by atoms with Gasteiger partial charge in [-0.2, -0.15) is 0 Å². The van der Waals surface area contributed by atoms with Crippen molar-refractivity contribution in [2.24, 2.45) is 4.99 Å². The van der Waals surface area contributed by atoms with Crippen molar-refractivity contribution in [3.8, 4) is 11.3 Å². The summed E-state index contributed by atoms with van der Waals surface area (Å²) in [4.78, 5) is 26.7. The fourth-order valence-electron chi connectivity index (χ4n) is 2.64. The third-order valence-electron chi connectivity index (χ3n) is 3.95. The van der Waals surface area contributed by atoms with E-state index < -0.39 is 16.9 Å². The number of nitro benzene ring substituents is 1. The van der Waals surface area contributed by atoms with Gasteiger partial charge in [-0.1, -0.05) is 18.2 Å². The number of carbonyl (C=O) groups excluding carboxylic acids is 1. The largest absolute Gasteiger partial charge is 0.458 e. The van der Waals surface area contributed by atoms with E-state index in [1.165, 1.54) is 12.1 Å². The van der Waals surface area contributed by atoms with Crippen molar-refractivity contribution >= 4 is 17.6 Å². The molecule has 0 saturated heterocycles. The standard InChI is InChI=1S/C19H12N2O5/c22-19-17(20-18(26-19)13-4-2-1-3-5-13)16-11-10-15(25-16)12-6-8-14(9-7-12)21(23)24/h1-11,17H. The van der Waals surface area contributed by atoms with Crippen LogP contribution in [0.5, 0.6) is 0 Å². The Hall–Kier alpha value is -3.74. The normalized spacial score (nSPS) is 16.2. The Kier molecular flexibility index (Phi) is 3.81. The molecule has 1 aliphatic rings. The number of benzene rings is 2. The van der Waals surface area contributed by atoms with E-state index in [4.69, 9.17) is 9.15 Å². The highest BCUT2D eigenvalue weighted by atomic mass is 16.6. The summed E-state index contributed by atoms with van der Waals surface area (Å²) in [5, 5.41) is 10.7. The number of ether oxygens (including phenoxy) is 1. The van der Waals surface area contributed by atoms with Crippen LogP contribution in [0.3, 0.4) is 0 Å². The van der Waals surface area contributed by atoms with Crippen LogP contribution in [0.2, 0.25) is 0 Å². The number of aliphatic imine (C=N–C) groups is 1. The molecule has 1 aromatic heterocycles. The van der Waals surface area contributed by atoms with Gasteiger partial charge in [0.2, 0.25) is 11.9 Å². The summed E-state index contributed by atoms with van der Waals surface area (Å²) in [6.45, 7) is 0. The molecule has 0 bridgehead atoms. The van der Waals surface area contributed by atoms with Gasteiger partial charge in [0.15, 0.2) is 0 Å². The number of non-ortho nitro benzene ring substituents is 1. The van der Waals surface area contributed by atoms with Gasteiger partial charge < -0.3 is 9.15 Å². The lowest BCUT2D eigenvalue weighted by Gasteiger charge is -2.00. The molecule has 3 aromatic rings. The number of nitro groups is 1. The topological polar surface area (TPSA) is 94.9 Å². The maximum atomic E-state index is 12.2. The van der Waals surface area contributed by atoms with E-state index >= 15 is 0 Å². The molecule has 1 aliphatic heterocycles. The summed E-state index contributed by atoms with van der Waals surface area (Å²) in [6, 6.07) is 17.6. The second-order valence-electron chi connectivity index (χ2n) is 5.63. The summed E-state index contributed by atoms with van der Waals surface area (Å²) >= 11 is 0. The molecule has 0 saturated carbocycles. The van der Waals surface area contributed by atoms with E-state index in [9.17, 15) is 14.9 Å². The predicted octanol–water partition coefficient (Wildman–Crippen LogP) is 3.90. The zero-order chi connectivity index (χ0) is 18.1. The second-order valence-corrected chi connectivity index (χ2v) is 5.63. The van der Waals surface area contributed by atoms with Crippen molar-refractivity contribution in [2.45, 2.75) is 6.04 Å². The van der Waals surface area contributed by atoms with Gasteiger partial charge in [-0.25, -0.2) is 9.79 Å². The lowest BCUT2D eigenvalue weighted by molar-refractivity contribution is -0.384. The molecule has 7 nitrogen and oxygen atoms in total. The number of rotatable bonds is 4. The molecule has 0 N–H and O–H groups in total. The Balaban J connectivity index is 1.60. The zero-order valence-corrected chi connectivity index (χ0v) is 13.4. The van der Waals surface area contributed by atoms with Crippen LogP contribution in [0.4, 0.5) is 5.69 Å². The Labute approximate surface area is 147 Å². The smallest absolute Gasteiger partial charge is 0.345 e. The fourth-order valence-corrected chi connectivity index (χ4v) is 2.64. The van der Waals surface area contributed by atoms with Crippen molar-refractivity contribution in [2.75, 3.05) is 0 Å². The molecule has 0 fully saturated rings. The summed E-state index contributed by atoms with van der Waals surface area (Å²) in [5.41, 5.74) is 1.38. The van der Waals surface area contributed by atoms with Crippen molar-refractivity contribution < 1.29 is 18.9 Å². The third kappa shape index (κ3) is 2.86. The molecule has 2 aromatic carbocycles. The summed E-state index contributed by atoms with van der Waals surface area (Å²) in [5.74, 6) is 0.600. The van der Waals surface area contributed by atoms with Crippen LogP contribution in [0.25, 0.3) is 11.3 Å². The van der Waals surface area contributed by atoms with Crippen molar-refractivity contribution in [3.63, 3.8) is 0 Å². The van der Waals surface area contributed by atoms with Gasteiger partial charge in [0.05, 0.1) is 4.92 Å². The molecule has 0 aliphatic carbocycles. The van der Waals surface area contributed by atoms with Gasteiger partial charge in [-0.15, -0.1) is 0 Å². The van der Waals surface area contributed by atoms with E-state index in [1.807, 2.05) is 18.2 Å². The maximum Gasteiger partial charge on any atom is 0.345 e. The van der Waals surface area contributed by atoms with Crippen LogP contribution in [0.1, 0.15) is 17.4 Å². The molecule has 0 radical (unpaired) electrons. The van der Waals surface area contributed by atoms with E-state index in [0.29, 0.717) is 22.6 Å². The molecule has 26 heavy (non-hydrogen) atoms. The van der Waals surface area contributed by atoms with Gasteiger partial charge in [0, 0.05) is 23.3 Å². The van der Waals surface area contributed by atoms with Crippen molar-refractivity contribution in [1.29, 1.82) is 0 Å². The van der Waals surface area contributed by atoms with E-state index in [1.54, 1.807) is 36.4 Å². The second kappa shape index (κ2) is 6.29. The summed E-state index contributed by atoms with van der Waals surface area (Å²) in [7, 11) is 0. The molecule has 1 unspecified atom stereocenters. The number of hydrogen-bond donors (Lipinski definition) is 0. The first-order valence-corrected chi connectivity index (χ1v) is 7.81. The number of cyclic esters (lactones) is 1. The quantitative estimate of drug-likeness (QED) is 0.405. The monoisotopic (exact) mass is 348 g/mol. The van der Waals surface area contributed by atoms with Crippen LogP contribution in [-0.4, -0.2) is 16.8 Å². The minimum Gasteiger partial charge on any atom is -0.458 e. The van der Waals surface area contributed by atoms with Crippen LogP contribution in [0, 0.1) is 10.1 Å². The third-order valence-corrected chi connectivity index (χ3v) is 3.95. The average Bonchev–Trinajstić information content (AvgIpc) is 3.29. The minimum atomic E-state index is -0.864. The Morgan fingerprint density at radius 3 is 2.35 bits per heavy atom. The van der Waals surface area contributed by atoms with Crippen molar-refractivity contribution in [3.05, 3.63) is 88.2 Å². The van der Waals surface area contributed by atoms with E-state index in [2.05, 4.69) is 4.99 Å². The Morgan fingerprint density at radius 2 is 1.65 bits per heavy atom.